The Morgan fingerprint density at radius 1 is 1.09 bits per heavy atom. The molecule has 2 fully saturated rings. The summed E-state index contributed by atoms with van der Waals surface area (Å²) < 4.78 is 5.42. The van der Waals surface area contributed by atoms with Gasteiger partial charge >= 0.3 is 0 Å². The zero-order chi connectivity index (χ0) is 22.6. The van der Waals surface area contributed by atoms with Crippen LogP contribution >= 0.6 is 11.3 Å². The molecule has 3 heterocycles. The number of benzene rings is 1. The van der Waals surface area contributed by atoms with Crippen molar-refractivity contribution in [2.45, 2.75) is 50.1 Å². The maximum Gasteiger partial charge on any atom is 0.254 e. The van der Waals surface area contributed by atoms with Gasteiger partial charge in [-0.3, -0.25) is 14.5 Å². The molecule has 7 heteroatoms. The number of rotatable bonds is 7. The molecular weight excluding hydrogens is 434 g/mol. The van der Waals surface area contributed by atoms with E-state index >= 15 is 0 Å². The van der Waals surface area contributed by atoms with E-state index in [2.05, 4.69) is 21.2 Å². The standard InChI is InChI=1S/C26H33N3O3S/c30-25(27-12-6-13-28-14-16-32-17-15-28)23-20-9-3-4-10-21(20)26(31)29(19-7-1-2-8-19)24(23)22-11-5-18-33-22/h3-5,9-11,18-19,23-24H,1-2,6-8,12-17H2,(H,27,30)/t23-,24+/m0/s1. The summed E-state index contributed by atoms with van der Waals surface area (Å²) in [6.07, 6.45) is 5.24. The second-order valence-corrected chi connectivity index (χ2v) is 10.3. The maximum absolute atomic E-state index is 13.7. The van der Waals surface area contributed by atoms with Gasteiger partial charge < -0.3 is 15.0 Å². The lowest BCUT2D eigenvalue weighted by atomic mass is 9.80. The minimum absolute atomic E-state index is 0.0262. The highest BCUT2D eigenvalue weighted by Crippen LogP contribution is 2.47. The van der Waals surface area contributed by atoms with Crippen LogP contribution in [0, 0.1) is 0 Å². The zero-order valence-electron chi connectivity index (χ0n) is 19.1. The molecule has 1 aromatic heterocycles. The Morgan fingerprint density at radius 2 is 1.88 bits per heavy atom. The number of morpholine rings is 1. The summed E-state index contributed by atoms with van der Waals surface area (Å²) in [6.45, 7) is 5.11. The van der Waals surface area contributed by atoms with Gasteiger partial charge in [-0.1, -0.05) is 37.1 Å². The minimum Gasteiger partial charge on any atom is -0.379 e. The van der Waals surface area contributed by atoms with E-state index in [1.165, 1.54) is 0 Å². The topological polar surface area (TPSA) is 61.9 Å². The van der Waals surface area contributed by atoms with E-state index in [1.807, 2.05) is 35.7 Å². The van der Waals surface area contributed by atoms with Crippen LogP contribution in [0.3, 0.4) is 0 Å². The van der Waals surface area contributed by atoms with E-state index in [-0.39, 0.29) is 29.8 Å². The predicted octanol–water partition coefficient (Wildman–Crippen LogP) is 3.81. The molecule has 2 aliphatic heterocycles. The van der Waals surface area contributed by atoms with Crippen molar-refractivity contribution in [1.82, 2.24) is 15.1 Å². The number of carbonyl (C=O) groups excluding carboxylic acids is 2. The van der Waals surface area contributed by atoms with Crippen LogP contribution in [0.1, 0.15) is 64.9 Å². The molecule has 2 amide bonds. The van der Waals surface area contributed by atoms with Gasteiger partial charge in [-0.15, -0.1) is 11.3 Å². The Kier molecular flexibility index (Phi) is 7.09. The van der Waals surface area contributed by atoms with Crippen molar-refractivity contribution >= 4 is 23.2 Å². The van der Waals surface area contributed by atoms with Gasteiger partial charge in [0.2, 0.25) is 5.91 Å². The van der Waals surface area contributed by atoms with Crippen molar-refractivity contribution in [3.05, 3.63) is 57.8 Å². The van der Waals surface area contributed by atoms with Crippen molar-refractivity contribution < 1.29 is 14.3 Å². The van der Waals surface area contributed by atoms with Gasteiger partial charge in [0.05, 0.1) is 25.2 Å². The fourth-order valence-electron chi connectivity index (χ4n) is 5.63. The van der Waals surface area contributed by atoms with Crippen LogP contribution < -0.4 is 5.32 Å². The third-order valence-electron chi connectivity index (χ3n) is 7.27. The van der Waals surface area contributed by atoms with E-state index in [0.717, 1.165) is 75.4 Å². The summed E-state index contributed by atoms with van der Waals surface area (Å²) in [5.74, 6) is -0.285. The number of hydrogen-bond acceptors (Lipinski definition) is 5. The van der Waals surface area contributed by atoms with Crippen LogP contribution in [0.4, 0.5) is 0 Å². The molecule has 33 heavy (non-hydrogen) atoms. The van der Waals surface area contributed by atoms with Crippen LogP contribution in [0.2, 0.25) is 0 Å². The summed E-state index contributed by atoms with van der Waals surface area (Å²) in [4.78, 5) is 32.9. The Morgan fingerprint density at radius 3 is 2.64 bits per heavy atom. The van der Waals surface area contributed by atoms with Crippen molar-refractivity contribution in [2.24, 2.45) is 0 Å². The predicted molar refractivity (Wildman–Crippen MR) is 130 cm³/mol. The summed E-state index contributed by atoms with van der Waals surface area (Å²) in [7, 11) is 0. The fraction of sp³-hybridized carbons (Fsp3) is 0.538. The van der Waals surface area contributed by atoms with Gasteiger partial charge in [0.1, 0.15) is 0 Å². The smallest absolute Gasteiger partial charge is 0.254 e. The lowest BCUT2D eigenvalue weighted by molar-refractivity contribution is -0.124. The van der Waals surface area contributed by atoms with Crippen LogP contribution in [0.15, 0.2) is 41.8 Å². The molecule has 1 saturated heterocycles. The second kappa shape index (κ2) is 10.4. The van der Waals surface area contributed by atoms with E-state index in [4.69, 9.17) is 4.74 Å². The van der Waals surface area contributed by atoms with Gasteiger partial charge in [-0.2, -0.15) is 0 Å². The molecule has 6 nitrogen and oxygen atoms in total. The van der Waals surface area contributed by atoms with Crippen LogP contribution in [-0.2, 0) is 9.53 Å². The highest BCUT2D eigenvalue weighted by molar-refractivity contribution is 7.10. The monoisotopic (exact) mass is 467 g/mol. The molecule has 1 saturated carbocycles. The Hall–Kier alpha value is -2.22. The van der Waals surface area contributed by atoms with Gasteiger partial charge in [0.15, 0.2) is 0 Å². The number of nitrogens with zero attached hydrogens (tertiary/aromatic N) is 2. The lowest BCUT2D eigenvalue weighted by Crippen LogP contribution is -2.50. The van der Waals surface area contributed by atoms with Gasteiger partial charge in [0.25, 0.3) is 5.91 Å². The molecule has 1 N–H and O–H groups in total. The molecule has 1 aromatic carbocycles. The number of fused-ring (bicyclic) bond motifs is 1. The molecule has 5 rings (SSSR count). The van der Waals surface area contributed by atoms with Crippen LogP contribution in [0.5, 0.6) is 0 Å². The molecule has 0 radical (unpaired) electrons. The highest BCUT2D eigenvalue weighted by Gasteiger charge is 2.47. The first kappa shape index (κ1) is 22.6. The van der Waals surface area contributed by atoms with E-state index in [0.29, 0.717) is 12.1 Å². The Bertz CT molecular complexity index is 951. The van der Waals surface area contributed by atoms with E-state index < -0.39 is 0 Å². The van der Waals surface area contributed by atoms with Crippen LogP contribution in [-0.4, -0.2) is 67.0 Å². The van der Waals surface area contributed by atoms with Crippen molar-refractivity contribution in [2.75, 3.05) is 39.4 Å². The Balaban J connectivity index is 1.39. The van der Waals surface area contributed by atoms with Crippen molar-refractivity contribution in [3.8, 4) is 0 Å². The molecule has 0 bridgehead atoms. The zero-order valence-corrected chi connectivity index (χ0v) is 19.9. The minimum atomic E-state index is -0.387. The number of thiophene rings is 1. The largest absolute Gasteiger partial charge is 0.379 e. The quantitative estimate of drug-likeness (QED) is 0.629. The summed E-state index contributed by atoms with van der Waals surface area (Å²) >= 11 is 1.64. The third kappa shape index (κ3) is 4.72. The fourth-order valence-corrected chi connectivity index (χ4v) is 6.49. The molecule has 3 aliphatic rings. The summed E-state index contributed by atoms with van der Waals surface area (Å²) in [5, 5.41) is 5.27. The molecule has 0 unspecified atom stereocenters. The molecule has 2 aromatic rings. The second-order valence-electron chi connectivity index (χ2n) is 9.27. The summed E-state index contributed by atoms with van der Waals surface area (Å²) in [5.41, 5.74) is 1.55. The third-order valence-corrected chi connectivity index (χ3v) is 8.21. The first-order chi connectivity index (χ1) is 16.2. The number of hydrogen-bond donors (Lipinski definition) is 1. The molecular formula is C26H33N3O3S. The first-order valence-corrected chi connectivity index (χ1v) is 13.1. The van der Waals surface area contributed by atoms with Gasteiger partial charge in [-0.05, 0) is 48.9 Å². The van der Waals surface area contributed by atoms with E-state index in [1.54, 1.807) is 11.3 Å². The van der Waals surface area contributed by atoms with Crippen molar-refractivity contribution in [1.29, 1.82) is 0 Å². The molecule has 1 aliphatic carbocycles. The highest BCUT2D eigenvalue weighted by atomic mass is 32.1. The number of nitrogens with one attached hydrogen (secondary N) is 1. The Labute approximate surface area is 199 Å². The number of ether oxygens (including phenoxy) is 1. The molecule has 2 atom stereocenters. The van der Waals surface area contributed by atoms with Crippen molar-refractivity contribution in [3.63, 3.8) is 0 Å². The average Bonchev–Trinajstić information content (AvgIpc) is 3.57. The van der Waals surface area contributed by atoms with Gasteiger partial charge in [0, 0.05) is 36.1 Å². The maximum atomic E-state index is 13.7. The average molecular weight is 468 g/mol. The van der Waals surface area contributed by atoms with Gasteiger partial charge in [-0.25, -0.2) is 0 Å². The lowest BCUT2D eigenvalue weighted by Gasteiger charge is -2.44. The first-order valence-electron chi connectivity index (χ1n) is 12.3. The SMILES string of the molecule is O=C(NCCCN1CCOCC1)[C@H]1c2ccccc2C(=O)N(C2CCCC2)[C@@H]1c1cccs1. The van der Waals surface area contributed by atoms with Crippen LogP contribution in [0.25, 0.3) is 0 Å². The number of carbonyl (C=O) groups is 2. The normalized spacial score (nSPS) is 24.1. The summed E-state index contributed by atoms with van der Waals surface area (Å²) in [6, 6.07) is 11.8. The number of amides is 2. The molecule has 176 valence electrons. The molecule has 0 spiro atoms. The van der Waals surface area contributed by atoms with E-state index in [9.17, 15) is 9.59 Å².